The number of nitrogens with zero attached hydrogens (tertiary/aromatic N) is 2. The number of aliphatic hydroxyl groups excluding tert-OH is 2. The minimum Gasteiger partial charge on any atom is -0.393 e. The van der Waals surface area contributed by atoms with Gasteiger partial charge in [0, 0.05) is 0 Å². The molecule has 0 radical (unpaired) electrons. The quantitative estimate of drug-likeness (QED) is 0.609. The van der Waals surface area contributed by atoms with Crippen LogP contribution < -0.4 is 0 Å². The Bertz CT molecular complexity index is 698. The highest BCUT2D eigenvalue weighted by molar-refractivity contribution is 5.14. The smallest absolute Gasteiger partial charge is 0.101 e. The van der Waals surface area contributed by atoms with Gasteiger partial charge < -0.3 is 10.2 Å². The first-order chi connectivity index (χ1) is 15.9. The molecule has 6 rings (SSSR count). The van der Waals surface area contributed by atoms with Crippen molar-refractivity contribution in [3.63, 3.8) is 0 Å². The molecule has 4 heteroatoms. The number of piperidine rings is 2. The van der Waals surface area contributed by atoms with E-state index in [0.29, 0.717) is 11.3 Å². The van der Waals surface area contributed by atoms with Gasteiger partial charge in [0.15, 0.2) is 0 Å². The number of likely N-dealkylation sites (tertiary alicyclic amines) is 2. The highest BCUT2D eigenvalue weighted by atomic mass is 16.3. The Morgan fingerprint density at radius 1 is 0.697 bits per heavy atom. The van der Waals surface area contributed by atoms with Gasteiger partial charge in [-0.05, 0) is 138 Å². The van der Waals surface area contributed by atoms with Crippen LogP contribution in [0.4, 0.5) is 0 Å². The maximum absolute atomic E-state index is 12.2. The van der Waals surface area contributed by atoms with Gasteiger partial charge in [0.2, 0.25) is 0 Å². The molecule has 2 N–H and O–H groups in total. The molecule has 2 aliphatic heterocycles. The summed E-state index contributed by atoms with van der Waals surface area (Å²) >= 11 is 0. The molecule has 0 amide bonds. The molecule has 0 aromatic carbocycles. The van der Waals surface area contributed by atoms with E-state index in [-0.39, 0.29) is 23.3 Å². The lowest BCUT2D eigenvalue weighted by Crippen LogP contribution is -2.73. The zero-order chi connectivity index (χ0) is 22.8. The van der Waals surface area contributed by atoms with Gasteiger partial charge in [-0.2, -0.15) is 0 Å². The second kappa shape index (κ2) is 8.46. The molecule has 4 aliphatic carbocycles. The van der Waals surface area contributed by atoms with Crippen molar-refractivity contribution in [2.45, 2.75) is 122 Å². The van der Waals surface area contributed by atoms with Gasteiger partial charge in [0.25, 0.3) is 0 Å². The summed E-state index contributed by atoms with van der Waals surface area (Å²) in [6.07, 6.45) is 17.2. The van der Waals surface area contributed by atoms with Crippen LogP contribution in [0.5, 0.6) is 0 Å². The fourth-order valence-corrected chi connectivity index (χ4v) is 10.7. The topological polar surface area (TPSA) is 46.9 Å². The van der Waals surface area contributed by atoms with Crippen molar-refractivity contribution >= 4 is 0 Å². The van der Waals surface area contributed by atoms with Crippen LogP contribution in [-0.4, -0.2) is 64.1 Å². The minimum absolute atomic E-state index is 0.0768. The zero-order valence-electron chi connectivity index (χ0n) is 21.5. The predicted octanol–water partition coefficient (Wildman–Crippen LogP) is 5.03. The molecule has 2 saturated heterocycles. The molecule has 2 heterocycles. The van der Waals surface area contributed by atoms with E-state index in [1.54, 1.807) is 0 Å². The standard InChI is InChI=1S/C29H50N2O2/c1-27-12-11-24-23(25(27)17-22(32)19-27)10-9-21-18-29(26(33)20-28(21,24)2,30-13-5-3-6-14-30)31-15-7-4-8-16-31/h21-26,32-33H,3-20H2,1-2H3/t21-,22-,23+,24-,25-,26-,27+,28-/m0/s1. The number of aliphatic hydroxyl groups is 2. The van der Waals surface area contributed by atoms with Crippen molar-refractivity contribution in [3.8, 4) is 0 Å². The van der Waals surface area contributed by atoms with E-state index in [1.165, 1.54) is 96.8 Å². The predicted molar refractivity (Wildman–Crippen MR) is 133 cm³/mol. The van der Waals surface area contributed by atoms with Crippen LogP contribution in [0.2, 0.25) is 0 Å². The summed E-state index contributed by atoms with van der Waals surface area (Å²) in [5.74, 6) is 2.96. The van der Waals surface area contributed by atoms with Gasteiger partial charge in [0.05, 0.1) is 12.2 Å². The van der Waals surface area contributed by atoms with Gasteiger partial charge in [-0.1, -0.05) is 26.7 Å². The Labute approximate surface area is 202 Å². The molecule has 4 nitrogen and oxygen atoms in total. The van der Waals surface area contributed by atoms with Crippen LogP contribution in [0, 0.1) is 34.5 Å². The summed E-state index contributed by atoms with van der Waals surface area (Å²) in [7, 11) is 0. The van der Waals surface area contributed by atoms with Crippen LogP contribution in [-0.2, 0) is 0 Å². The van der Waals surface area contributed by atoms with Crippen LogP contribution in [0.3, 0.4) is 0 Å². The molecule has 0 bridgehead atoms. The maximum Gasteiger partial charge on any atom is 0.101 e. The van der Waals surface area contributed by atoms with E-state index in [0.717, 1.165) is 37.0 Å². The highest BCUT2D eigenvalue weighted by Crippen LogP contribution is 2.67. The fraction of sp³-hybridized carbons (Fsp3) is 1.00. The van der Waals surface area contributed by atoms with E-state index in [9.17, 15) is 10.2 Å². The van der Waals surface area contributed by atoms with E-state index >= 15 is 0 Å². The number of rotatable bonds is 2. The SMILES string of the molecule is C[C@]12CC[C@H]3[C@@H](CC[C@H]4CC(N5CCCCC5)(N5CCCCC5)[C@@H](O)C[C@@]43C)[C@@H]1C[C@H](O)C2. The van der Waals surface area contributed by atoms with E-state index in [4.69, 9.17) is 0 Å². The Morgan fingerprint density at radius 3 is 1.97 bits per heavy atom. The summed E-state index contributed by atoms with van der Waals surface area (Å²) < 4.78 is 0. The zero-order valence-corrected chi connectivity index (χ0v) is 21.5. The van der Waals surface area contributed by atoms with Crippen LogP contribution in [0.25, 0.3) is 0 Å². The van der Waals surface area contributed by atoms with E-state index < -0.39 is 0 Å². The maximum atomic E-state index is 12.2. The van der Waals surface area contributed by atoms with E-state index in [2.05, 4.69) is 23.6 Å². The molecule has 0 aromatic heterocycles. The van der Waals surface area contributed by atoms with Crippen molar-refractivity contribution in [2.24, 2.45) is 34.5 Å². The van der Waals surface area contributed by atoms with Crippen molar-refractivity contribution in [2.75, 3.05) is 26.2 Å². The Morgan fingerprint density at radius 2 is 1.33 bits per heavy atom. The van der Waals surface area contributed by atoms with Crippen LogP contribution in [0.1, 0.15) is 104 Å². The monoisotopic (exact) mass is 458 g/mol. The summed E-state index contributed by atoms with van der Waals surface area (Å²) in [6, 6.07) is 0. The molecular formula is C29H50N2O2. The normalized spacial score (nSPS) is 50.9. The average Bonchev–Trinajstić information content (AvgIpc) is 3.13. The highest BCUT2D eigenvalue weighted by Gasteiger charge is 2.64. The van der Waals surface area contributed by atoms with Gasteiger partial charge in [-0.15, -0.1) is 0 Å². The summed E-state index contributed by atoms with van der Waals surface area (Å²) in [4.78, 5) is 5.53. The lowest BCUT2D eigenvalue weighted by molar-refractivity contribution is -0.227. The molecular weight excluding hydrogens is 408 g/mol. The second-order valence-electron chi connectivity index (χ2n) is 13.8. The first-order valence-corrected chi connectivity index (χ1v) is 14.7. The third-order valence-corrected chi connectivity index (χ3v) is 12.3. The lowest BCUT2D eigenvalue weighted by atomic mass is 9.44. The van der Waals surface area contributed by atoms with Crippen molar-refractivity contribution in [1.82, 2.24) is 9.80 Å². The van der Waals surface area contributed by atoms with Gasteiger partial charge in [0.1, 0.15) is 5.66 Å². The van der Waals surface area contributed by atoms with Gasteiger partial charge in [-0.25, -0.2) is 0 Å². The Kier molecular flexibility index (Phi) is 5.96. The average molecular weight is 459 g/mol. The number of hydrogen-bond donors (Lipinski definition) is 2. The molecule has 0 spiro atoms. The Hall–Kier alpha value is -0.160. The molecule has 4 saturated carbocycles. The van der Waals surface area contributed by atoms with E-state index in [1.807, 2.05) is 0 Å². The first kappa shape index (κ1) is 23.3. The number of fused-ring (bicyclic) bond motifs is 5. The van der Waals surface area contributed by atoms with Crippen molar-refractivity contribution in [3.05, 3.63) is 0 Å². The molecule has 188 valence electrons. The Balaban J connectivity index is 1.31. The number of hydrogen-bond acceptors (Lipinski definition) is 4. The summed E-state index contributed by atoms with van der Waals surface area (Å²) in [5, 5.41) is 22.7. The molecule has 33 heavy (non-hydrogen) atoms. The van der Waals surface area contributed by atoms with Crippen LogP contribution in [0.15, 0.2) is 0 Å². The molecule has 8 atom stereocenters. The molecule has 6 fully saturated rings. The molecule has 0 aromatic rings. The largest absolute Gasteiger partial charge is 0.393 e. The van der Waals surface area contributed by atoms with Crippen molar-refractivity contribution < 1.29 is 10.2 Å². The minimum atomic E-state index is -0.226. The van der Waals surface area contributed by atoms with Gasteiger partial charge in [-0.3, -0.25) is 9.80 Å². The second-order valence-corrected chi connectivity index (χ2v) is 13.8. The molecule has 0 unspecified atom stereocenters. The fourth-order valence-electron chi connectivity index (χ4n) is 10.7. The lowest BCUT2D eigenvalue weighted by Gasteiger charge is -2.67. The summed E-state index contributed by atoms with van der Waals surface area (Å²) in [5.41, 5.74) is 0.527. The van der Waals surface area contributed by atoms with Gasteiger partial charge >= 0.3 is 0 Å². The molecule has 6 aliphatic rings. The summed E-state index contributed by atoms with van der Waals surface area (Å²) in [6.45, 7) is 9.79. The third-order valence-electron chi connectivity index (χ3n) is 12.3. The van der Waals surface area contributed by atoms with Crippen molar-refractivity contribution in [1.29, 1.82) is 0 Å². The van der Waals surface area contributed by atoms with Crippen LogP contribution >= 0.6 is 0 Å². The first-order valence-electron chi connectivity index (χ1n) is 14.7. The third kappa shape index (κ3) is 3.51.